The fraction of sp³-hybridized carbons (Fsp3) is 0.303. The van der Waals surface area contributed by atoms with Crippen molar-refractivity contribution in [3.05, 3.63) is 91.7 Å². The third kappa shape index (κ3) is 5.69. The van der Waals surface area contributed by atoms with E-state index in [1.165, 1.54) is 29.9 Å². The maximum atomic E-state index is 16.0. The number of amides is 1. The van der Waals surface area contributed by atoms with Crippen molar-refractivity contribution in [3.8, 4) is 11.1 Å². The molecule has 0 bridgehead atoms. The van der Waals surface area contributed by atoms with Crippen LogP contribution in [0.5, 0.6) is 0 Å². The van der Waals surface area contributed by atoms with Crippen LogP contribution >= 0.6 is 11.6 Å². The molecule has 2 aromatic carbocycles. The maximum absolute atomic E-state index is 16.0. The number of imidazole rings is 1. The van der Waals surface area contributed by atoms with Gasteiger partial charge >= 0.3 is 5.69 Å². The summed E-state index contributed by atoms with van der Waals surface area (Å²) in [5.41, 5.74) is 3.16. The average molecular weight is 794 g/mol. The van der Waals surface area contributed by atoms with Crippen molar-refractivity contribution in [1.82, 2.24) is 34.5 Å². The second kappa shape index (κ2) is 12.1. The van der Waals surface area contributed by atoms with Crippen molar-refractivity contribution in [1.29, 1.82) is 0 Å². The van der Waals surface area contributed by atoms with Crippen molar-refractivity contribution in [3.63, 3.8) is 0 Å². The summed E-state index contributed by atoms with van der Waals surface area (Å²) in [4.78, 5) is 35.9. The van der Waals surface area contributed by atoms with Gasteiger partial charge in [0.05, 0.1) is 33.4 Å². The van der Waals surface area contributed by atoms with Crippen LogP contribution in [0.1, 0.15) is 58.9 Å². The van der Waals surface area contributed by atoms with Crippen molar-refractivity contribution in [2.45, 2.75) is 43.1 Å². The first-order chi connectivity index (χ1) is 25.3. The predicted molar refractivity (Wildman–Crippen MR) is 183 cm³/mol. The second-order valence-electron chi connectivity index (χ2n) is 13.5. The minimum atomic E-state index is -3.89. The number of sulfonamides is 1. The molecule has 4 heterocycles. The zero-order valence-corrected chi connectivity index (χ0v) is 29.3. The molecule has 8 rings (SSSR count). The number of alkyl halides is 4. The average Bonchev–Trinajstić information content (AvgIpc) is 3.35. The molecule has 0 saturated heterocycles. The van der Waals surface area contributed by atoms with Crippen molar-refractivity contribution >= 4 is 55.4 Å². The highest BCUT2D eigenvalue weighted by molar-refractivity contribution is 7.92. The van der Waals surface area contributed by atoms with Crippen LogP contribution in [-0.4, -0.2) is 55.1 Å². The van der Waals surface area contributed by atoms with Crippen molar-refractivity contribution < 1.29 is 39.6 Å². The number of carbonyl (C=O) groups excluding carboxylic acids is 1. The van der Waals surface area contributed by atoms with Gasteiger partial charge in [0.2, 0.25) is 15.9 Å². The predicted octanol–water partition coefficient (Wildman–Crippen LogP) is 5.50. The molecule has 1 unspecified atom stereocenters. The van der Waals surface area contributed by atoms with E-state index in [4.69, 9.17) is 17.3 Å². The van der Waals surface area contributed by atoms with E-state index < -0.39 is 87.2 Å². The molecule has 54 heavy (non-hydrogen) atoms. The Kier molecular flexibility index (Phi) is 7.97. The Bertz CT molecular complexity index is 2730. The van der Waals surface area contributed by atoms with E-state index in [1.54, 1.807) is 0 Å². The van der Waals surface area contributed by atoms with Crippen LogP contribution < -0.4 is 16.1 Å². The number of fused-ring (bicyclic) bond motifs is 5. The molecule has 6 aromatic rings. The summed E-state index contributed by atoms with van der Waals surface area (Å²) in [6, 6.07) is 4.69. The van der Waals surface area contributed by atoms with E-state index in [-0.39, 0.29) is 67.3 Å². The lowest BCUT2D eigenvalue weighted by atomic mass is 9.84. The lowest BCUT2D eigenvalue weighted by Gasteiger charge is -2.29. The number of aromatic nitrogens is 7. The molecule has 21 heteroatoms. The molecular weight excluding hydrogens is 768 g/mol. The zero-order chi connectivity index (χ0) is 38.8. The van der Waals surface area contributed by atoms with Gasteiger partial charge in [0.25, 0.3) is 12.3 Å². The molecular formula is C33H26ClF6N9O4S. The monoisotopic (exact) mass is 793 g/mol. The number of carbonyl (C=O) groups is 1. The van der Waals surface area contributed by atoms with Crippen LogP contribution in [0, 0.1) is 17.6 Å². The van der Waals surface area contributed by atoms with Gasteiger partial charge in [-0.1, -0.05) is 17.7 Å². The Morgan fingerprint density at radius 1 is 1.09 bits per heavy atom. The van der Waals surface area contributed by atoms with Gasteiger partial charge in [-0.3, -0.25) is 19.2 Å². The van der Waals surface area contributed by atoms with Crippen LogP contribution in [0.3, 0.4) is 0 Å². The van der Waals surface area contributed by atoms with Gasteiger partial charge in [-0.05, 0) is 48.6 Å². The number of primary amides is 1. The topological polar surface area (TPSA) is 186 Å². The molecule has 0 spiro atoms. The van der Waals surface area contributed by atoms with E-state index in [2.05, 4.69) is 29.9 Å². The largest absolute Gasteiger partial charge is 0.368 e. The molecule has 2 aliphatic carbocycles. The fourth-order valence-corrected chi connectivity index (χ4v) is 8.50. The Morgan fingerprint density at radius 3 is 2.44 bits per heavy atom. The Labute approximate surface area is 304 Å². The number of rotatable bonds is 10. The van der Waals surface area contributed by atoms with E-state index in [0.717, 1.165) is 18.4 Å². The molecule has 5 N–H and O–H groups in total. The highest BCUT2D eigenvalue weighted by Gasteiger charge is 2.67. The maximum Gasteiger partial charge on any atom is 0.325 e. The van der Waals surface area contributed by atoms with Gasteiger partial charge in [0.15, 0.2) is 11.5 Å². The number of halogens is 7. The summed E-state index contributed by atoms with van der Waals surface area (Å²) >= 11 is 6.57. The summed E-state index contributed by atoms with van der Waals surface area (Å²) < 4.78 is 119. The minimum Gasteiger partial charge on any atom is -0.368 e. The molecule has 4 aromatic heterocycles. The number of hydrogen-bond donors (Lipinski definition) is 4. The minimum absolute atomic E-state index is 0.0489. The zero-order valence-electron chi connectivity index (χ0n) is 27.8. The van der Waals surface area contributed by atoms with Crippen LogP contribution in [0.4, 0.5) is 32.2 Å². The summed E-state index contributed by atoms with van der Waals surface area (Å²) in [7, 11) is -2.42. The number of benzene rings is 2. The van der Waals surface area contributed by atoms with Gasteiger partial charge in [-0.15, -0.1) is 0 Å². The molecule has 2 aliphatic rings. The first kappa shape index (κ1) is 35.6. The third-order valence-electron chi connectivity index (χ3n) is 9.83. The van der Waals surface area contributed by atoms with Gasteiger partial charge in [-0.25, -0.2) is 40.4 Å². The first-order valence-electron chi connectivity index (χ1n) is 16.1. The molecule has 1 saturated carbocycles. The highest BCUT2D eigenvalue weighted by atomic mass is 35.5. The summed E-state index contributed by atoms with van der Waals surface area (Å²) in [6.07, 6.45) is -3.04. The van der Waals surface area contributed by atoms with E-state index >= 15 is 8.78 Å². The highest BCUT2D eigenvalue weighted by Crippen LogP contribution is 2.68. The van der Waals surface area contributed by atoms with Crippen molar-refractivity contribution in [2.75, 3.05) is 11.0 Å². The lowest BCUT2D eigenvalue weighted by molar-refractivity contribution is -0.122. The molecule has 1 fully saturated rings. The number of nitrogens with two attached hydrogens (primary N) is 1. The van der Waals surface area contributed by atoms with Gasteiger partial charge in [0.1, 0.15) is 29.1 Å². The van der Waals surface area contributed by atoms with E-state index in [9.17, 15) is 35.6 Å². The Balaban J connectivity index is 1.45. The normalized spacial score (nSPS) is 18.6. The number of H-pyrrole nitrogens is 2. The smallest absolute Gasteiger partial charge is 0.325 e. The van der Waals surface area contributed by atoms with Gasteiger partial charge in [0, 0.05) is 41.6 Å². The molecule has 0 aliphatic heterocycles. The van der Waals surface area contributed by atoms with Crippen molar-refractivity contribution in [2.24, 2.45) is 18.7 Å². The van der Waals surface area contributed by atoms with Gasteiger partial charge in [-0.2, -0.15) is 19.0 Å². The first-order valence-corrected chi connectivity index (χ1v) is 18.4. The number of nitrogens with one attached hydrogen (secondary N) is 3. The van der Waals surface area contributed by atoms with Gasteiger partial charge < -0.3 is 10.7 Å². The molecule has 1 amide bonds. The van der Waals surface area contributed by atoms with Crippen LogP contribution in [0.2, 0.25) is 5.02 Å². The summed E-state index contributed by atoms with van der Waals surface area (Å²) in [5.74, 6) is -11.1. The van der Waals surface area contributed by atoms with Crippen LogP contribution in [-0.2, 0) is 34.2 Å². The third-order valence-corrected chi connectivity index (χ3v) is 10.7. The van der Waals surface area contributed by atoms with Crippen LogP contribution in [0.25, 0.3) is 33.2 Å². The summed E-state index contributed by atoms with van der Waals surface area (Å²) in [5, 5.41) is 8.31. The number of pyridine rings is 1. The number of nitrogens with zero attached hydrogens (tertiary/aromatic N) is 5. The summed E-state index contributed by atoms with van der Waals surface area (Å²) in [6.45, 7) is 0. The lowest BCUT2D eigenvalue weighted by Crippen LogP contribution is -2.37. The second-order valence-corrected chi connectivity index (χ2v) is 15.6. The SMILES string of the molecule is Cn1nc(NS(C)(=O)=O)c2c(Cl)ccc(-c3cc4[nH]c(=O)[nH]c4nc3[C@@H](Cc3cc(F)cc(F)c3)C(C(N)=O)n3nc(C(F)F)c4c3C(F)(F)[C@@H]3C[C@H]43)c21. The Hall–Kier alpha value is -5.37. The number of aromatic amines is 2. The molecule has 0 radical (unpaired) electrons. The molecule has 282 valence electrons. The molecule has 13 nitrogen and oxygen atoms in total. The quantitative estimate of drug-likeness (QED) is 0.132. The van der Waals surface area contributed by atoms with E-state index in [1.807, 2.05) is 0 Å². The molecule has 4 atom stereocenters. The van der Waals surface area contributed by atoms with Crippen LogP contribution in [0.15, 0.2) is 41.2 Å². The number of hydrogen-bond acceptors (Lipinski definition) is 7. The van der Waals surface area contributed by atoms with E-state index in [0.29, 0.717) is 10.7 Å². The Morgan fingerprint density at radius 2 is 1.80 bits per heavy atom. The number of anilines is 1. The standard InChI is InChI=1S/C33H26ClF6N9O4S/c1-48-25-14(3-4-19(34)22(25)31(46-48)47-54(2,52)53)15-10-20-30(44-32(51)42-20)43-23(15)17(7-11-5-12(35)8-13(36)6-11)26(29(41)50)49-27-21(24(45-49)28(37)38)16-9-18(16)33(27,39)40/h3-6,8,10,16-18,26,28H,7,9H2,1-2H3,(H2,41,50)(H,46,47)(H2,42,43,44,51)/t16-,17+,18+,26?/m0/s1. The number of aryl methyl sites for hydroxylation is 1. The fourth-order valence-electron chi connectivity index (χ4n) is 7.77.